The Bertz CT molecular complexity index is 702. The van der Waals surface area contributed by atoms with Crippen LogP contribution in [0.25, 0.3) is 0 Å². The van der Waals surface area contributed by atoms with Crippen molar-refractivity contribution in [3.63, 3.8) is 0 Å². The highest BCUT2D eigenvalue weighted by molar-refractivity contribution is 5.87. The molecule has 25 heavy (non-hydrogen) atoms. The van der Waals surface area contributed by atoms with Crippen molar-refractivity contribution in [2.75, 3.05) is 26.2 Å². The van der Waals surface area contributed by atoms with Crippen molar-refractivity contribution in [2.45, 2.75) is 20.0 Å². The van der Waals surface area contributed by atoms with E-state index in [0.29, 0.717) is 11.5 Å². The lowest BCUT2D eigenvalue weighted by molar-refractivity contribution is 0.0696. The van der Waals surface area contributed by atoms with Crippen molar-refractivity contribution in [2.24, 2.45) is 5.92 Å². The Morgan fingerprint density at radius 2 is 1.56 bits per heavy atom. The molecule has 1 N–H and O–H groups in total. The van der Waals surface area contributed by atoms with E-state index in [4.69, 9.17) is 5.11 Å². The topological polar surface area (TPSA) is 43.8 Å². The van der Waals surface area contributed by atoms with E-state index in [9.17, 15) is 4.79 Å². The van der Waals surface area contributed by atoms with Gasteiger partial charge < -0.3 is 5.11 Å². The molecule has 4 nitrogen and oxygen atoms in total. The van der Waals surface area contributed by atoms with Gasteiger partial charge in [-0.25, -0.2) is 4.79 Å². The lowest BCUT2D eigenvalue weighted by Crippen LogP contribution is -2.30. The van der Waals surface area contributed by atoms with Crippen LogP contribution in [0.1, 0.15) is 28.4 Å². The second kappa shape index (κ2) is 8.28. The van der Waals surface area contributed by atoms with Crippen LogP contribution in [0.15, 0.2) is 54.6 Å². The zero-order valence-electron chi connectivity index (χ0n) is 14.8. The first kappa shape index (κ1) is 17.6. The number of carboxylic acids is 1. The first-order valence-corrected chi connectivity index (χ1v) is 8.91. The molecule has 0 aliphatic carbocycles. The van der Waals surface area contributed by atoms with Gasteiger partial charge in [0.15, 0.2) is 0 Å². The van der Waals surface area contributed by atoms with Crippen LogP contribution in [0, 0.1) is 5.92 Å². The van der Waals surface area contributed by atoms with E-state index in [1.807, 2.05) is 12.1 Å². The van der Waals surface area contributed by atoms with Crippen molar-refractivity contribution in [3.05, 3.63) is 71.3 Å². The monoisotopic (exact) mass is 338 g/mol. The summed E-state index contributed by atoms with van der Waals surface area (Å²) in [4.78, 5) is 16.1. The van der Waals surface area contributed by atoms with Crippen LogP contribution in [0.2, 0.25) is 0 Å². The third-order valence-electron chi connectivity index (χ3n) is 4.70. The van der Waals surface area contributed by atoms with Crippen molar-refractivity contribution >= 4 is 5.97 Å². The molecule has 0 saturated carbocycles. The molecule has 0 bridgehead atoms. The van der Waals surface area contributed by atoms with Crippen molar-refractivity contribution < 1.29 is 9.90 Å². The van der Waals surface area contributed by atoms with E-state index in [2.05, 4.69) is 47.1 Å². The predicted octanol–water partition coefficient (Wildman–Crippen LogP) is 3.34. The molecular formula is C21H26N2O2. The summed E-state index contributed by atoms with van der Waals surface area (Å²) in [6, 6.07) is 17.9. The fourth-order valence-electron chi connectivity index (χ4n) is 3.59. The average Bonchev–Trinajstić information content (AvgIpc) is 2.77. The Morgan fingerprint density at radius 3 is 2.20 bits per heavy atom. The minimum atomic E-state index is -0.861. The van der Waals surface area contributed by atoms with Gasteiger partial charge in [-0.2, -0.15) is 0 Å². The van der Waals surface area contributed by atoms with Gasteiger partial charge in [0.05, 0.1) is 5.56 Å². The first-order valence-electron chi connectivity index (χ1n) is 8.91. The second-order valence-electron chi connectivity index (χ2n) is 7.07. The molecule has 0 amide bonds. The number of carbonyl (C=O) groups is 1. The molecule has 3 rings (SSSR count). The summed E-state index contributed by atoms with van der Waals surface area (Å²) in [5, 5.41) is 9.16. The Kier molecular flexibility index (Phi) is 5.84. The summed E-state index contributed by atoms with van der Waals surface area (Å²) in [6.07, 6.45) is 0. The van der Waals surface area contributed by atoms with E-state index in [1.54, 1.807) is 12.1 Å². The highest BCUT2D eigenvalue weighted by Crippen LogP contribution is 2.16. The number of nitrogens with zero attached hydrogens (tertiary/aromatic N) is 2. The summed E-state index contributed by atoms with van der Waals surface area (Å²) in [5.41, 5.74) is 2.80. The molecule has 1 heterocycles. The van der Waals surface area contributed by atoms with E-state index < -0.39 is 5.97 Å². The molecule has 1 aliphatic rings. The third kappa shape index (κ3) is 5.15. The van der Waals surface area contributed by atoms with E-state index in [-0.39, 0.29) is 0 Å². The molecule has 2 aromatic carbocycles. The van der Waals surface area contributed by atoms with Gasteiger partial charge in [0.1, 0.15) is 0 Å². The van der Waals surface area contributed by atoms with Gasteiger partial charge >= 0.3 is 5.97 Å². The number of hydrogen-bond donors (Lipinski definition) is 1. The highest BCUT2D eigenvalue weighted by Gasteiger charge is 2.20. The fourth-order valence-corrected chi connectivity index (χ4v) is 3.59. The lowest BCUT2D eigenvalue weighted by atomic mass is 10.1. The summed E-state index contributed by atoms with van der Waals surface area (Å²) in [7, 11) is 0. The standard InChI is InChI=1S/C21H26N2O2/c1-17-13-22(15-18-6-3-2-4-7-18)10-11-23(14-17)16-19-8-5-9-20(12-19)21(24)25/h2-9,12,17H,10-11,13-16H2,1H3,(H,24,25). The largest absolute Gasteiger partial charge is 0.478 e. The molecule has 2 aromatic rings. The molecule has 1 saturated heterocycles. The molecule has 4 heteroatoms. The zero-order chi connectivity index (χ0) is 17.6. The van der Waals surface area contributed by atoms with Crippen LogP contribution < -0.4 is 0 Å². The molecule has 0 aromatic heterocycles. The van der Waals surface area contributed by atoms with Gasteiger partial charge in [0.25, 0.3) is 0 Å². The van der Waals surface area contributed by atoms with Crippen molar-refractivity contribution in [1.82, 2.24) is 9.80 Å². The van der Waals surface area contributed by atoms with Crippen LogP contribution >= 0.6 is 0 Å². The maximum atomic E-state index is 11.1. The fraction of sp³-hybridized carbons (Fsp3) is 0.381. The van der Waals surface area contributed by atoms with Gasteiger partial charge in [-0.1, -0.05) is 49.4 Å². The number of aromatic carboxylic acids is 1. The van der Waals surface area contributed by atoms with Crippen LogP contribution in [-0.2, 0) is 13.1 Å². The summed E-state index contributed by atoms with van der Waals surface area (Å²) >= 11 is 0. The van der Waals surface area contributed by atoms with Crippen LogP contribution in [-0.4, -0.2) is 47.1 Å². The SMILES string of the molecule is CC1CN(Cc2ccccc2)CCN(Cc2cccc(C(=O)O)c2)C1. The van der Waals surface area contributed by atoms with Gasteiger partial charge in [0, 0.05) is 39.3 Å². The normalized spacial score (nSPS) is 19.5. The van der Waals surface area contributed by atoms with Gasteiger partial charge in [-0.05, 0) is 29.2 Å². The number of hydrogen-bond acceptors (Lipinski definition) is 3. The van der Waals surface area contributed by atoms with Crippen LogP contribution in [0.3, 0.4) is 0 Å². The first-order chi connectivity index (χ1) is 12.1. The van der Waals surface area contributed by atoms with Gasteiger partial charge in [-0.15, -0.1) is 0 Å². The zero-order valence-corrected chi connectivity index (χ0v) is 14.8. The summed E-state index contributed by atoms with van der Waals surface area (Å²) in [6.45, 7) is 8.29. The summed E-state index contributed by atoms with van der Waals surface area (Å²) < 4.78 is 0. The number of benzene rings is 2. The maximum absolute atomic E-state index is 11.1. The predicted molar refractivity (Wildman–Crippen MR) is 99.6 cm³/mol. The van der Waals surface area contributed by atoms with Crippen LogP contribution in [0.4, 0.5) is 0 Å². The summed E-state index contributed by atoms with van der Waals surface area (Å²) in [5.74, 6) is -0.269. The molecular weight excluding hydrogens is 312 g/mol. The highest BCUT2D eigenvalue weighted by atomic mass is 16.4. The van der Waals surface area contributed by atoms with E-state index >= 15 is 0 Å². The quantitative estimate of drug-likeness (QED) is 0.908. The third-order valence-corrected chi connectivity index (χ3v) is 4.70. The molecule has 132 valence electrons. The Labute approximate surface area is 149 Å². The van der Waals surface area contributed by atoms with E-state index in [1.165, 1.54) is 5.56 Å². The molecule has 0 spiro atoms. The maximum Gasteiger partial charge on any atom is 0.335 e. The van der Waals surface area contributed by atoms with E-state index in [0.717, 1.165) is 44.8 Å². The Hall–Kier alpha value is -2.17. The molecule has 0 radical (unpaired) electrons. The van der Waals surface area contributed by atoms with Gasteiger partial charge in [-0.3, -0.25) is 9.80 Å². The van der Waals surface area contributed by atoms with Crippen molar-refractivity contribution in [3.8, 4) is 0 Å². The smallest absolute Gasteiger partial charge is 0.335 e. The molecule has 1 aliphatic heterocycles. The minimum absolute atomic E-state index is 0.367. The molecule has 1 atom stereocenters. The Morgan fingerprint density at radius 1 is 0.960 bits per heavy atom. The number of carboxylic acid groups (broad SMARTS) is 1. The second-order valence-corrected chi connectivity index (χ2v) is 7.07. The van der Waals surface area contributed by atoms with Gasteiger partial charge in [0.2, 0.25) is 0 Å². The number of rotatable bonds is 5. The average molecular weight is 338 g/mol. The molecule has 1 unspecified atom stereocenters. The Balaban J connectivity index is 1.61. The van der Waals surface area contributed by atoms with Crippen LogP contribution in [0.5, 0.6) is 0 Å². The van der Waals surface area contributed by atoms with Crippen molar-refractivity contribution in [1.29, 1.82) is 0 Å². The minimum Gasteiger partial charge on any atom is -0.478 e. The lowest BCUT2D eigenvalue weighted by Gasteiger charge is -2.22. The molecule has 1 fully saturated rings.